The minimum atomic E-state index is -2.72. The maximum atomic E-state index is 6.05. The van der Waals surface area contributed by atoms with Crippen LogP contribution in [0.2, 0.25) is 0 Å². The van der Waals surface area contributed by atoms with E-state index < -0.39 is 8.80 Å². The Kier molecular flexibility index (Phi) is 9.61. The van der Waals surface area contributed by atoms with E-state index in [1.165, 1.54) is 12.8 Å². The first-order chi connectivity index (χ1) is 8.81. The van der Waals surface area contributed by atoms with Gasteiger partial charge in [-0.15, -0.1) is 0 Å². The molecule has 0 aliphatic heterocycles. The van der Waals surface area contributed by atoms with E-state index in [-0.39, 0.29) is 18.3 Å². The highest BCUT2D eigenvalue weighted by Crippen LogP contribution is 2.19. The first-order valence-corrected chi connectivity index (χ1v) is 9.32. The van der Waals surface area contributed by atoms with Crippen molar-refractivity contribution < 1.29 is 13.3 Å². The molecule has 0 aromatic carbocycles. The zero-order chi connectivity index (χ0) is 14.9. The second-order valence-electron chi connectivity index (χ2n) is 5.65. The van der Waals surface area contributed by atoms with Gasteiger partial charge in [0.15, 0.2) is 0 Å². The van der Waals surface area contributed by atoms with Crippen molar-refractivity contribution in [1.82, 2.24) is 0 Å². The van der Waals surface area contributed by atoms with Gasteiger partial charge < -0.3 is 13.3 Å². The van der Waals surface area contributed by atoms with Gasteiger partial charge in [0.1, 0.15) is 0 Å². The Morgan fingerprint density at radius 3 is 1.58 bits per heavy atom. The molecule has 0 fully saturated rings. The minimum Gasteiger partial charge on any atom is -0.368 e. The third-order valence-electron chi connectivity index (χ3n) is 2.25. The van der Waals surface area contributed by atoms with E-state index in [4.69, 9.17) is 13.3 Å². The Hall–Kier alpha value is -0.163. The SMILES string of the molecule is CCCC/C=C/[Si](OC(C)C)(OC(C)C)OC(C)C. The summed E-state index contributed by atoms with van der Waals surface area (Å²) in [5, 5.41) is 0. The third kappa shape index (κ3) is 9.38. The van der Waals surface area contributed by atoms with E-state index in [2.05, 4.69) is 18.7 Å². The highest BCUT2D eigenvalue weighted by atomic mass is 28.4. The van der Waals surface area contributed by atoms with Gasteiger partial charge >= 0.3 is 8.80 Å². The maximum Gasteiger partial charge on any atom is 0.529 e. The Morgan fingerprint density at radius 2 is 1.26 bits per heavy atom. The van der Waals surface area contributed by atoms with Crippen molar-refractivity contribution in [3.05, 3.63) is 11.8 Å². The summed E-state index contributed by atoms with van der Waals surface area (Å²) in [5.74, 6) is 0. The number of hydrogen-bond donors (Lipinski definition) is 0. The second kappa shape index (κ2) is 9.70. The van der Waals surface area contributed by atoms with Gasteiger partial charge in [-0.3, -0.25) is 0 Å². The molecule has 0 aliphatic carbocycles. The first kappa shape index (κ1) is 18.8. The van der Waals surface area contributed by atoms with Crippen LogP contribution in [0, 0.1) is 0 Å². The van der Waals surface area contributed by atoms with Crippen molar-refractivity contribution in [2.45, 2.75) is 86.0 Å². The Labute approximate surface area is 120 Å². The van der Waals surface area contributed by atoms with Crippen LogP contribution in [-0.4, -0.2) is 27.1 Å². The van der Waals surface area contributed by atoms with Crippen molar-refractivity contribution in [1.29, 1.82) is 0 Å². The summed E-state index contributed by atoms with van der Waals surface area (Å²) in [6.45, 7) is 14.3. The van der Waals surface area contributed by atoms with Crippen LogP contribution in [0.4, 0.5) is 0 Å². The third-order valence-corrected chi connectivity index (χ3v) is 5.29. The molecule has 0 rings (SSSR count). The molecular weight excluding hydrogens is 256 g/mol. The molecule has 0 amide bonds. The normalized spacial score (nSPS) is 13.4. The van der Waals surface area contributed by atoms with Crippen LogP contribution in [0.15, 0.2) is 11.8 Å². The molecule has 0 radical (unpaired) electrons. The molecule has 0 spiro atoms. The summed E-state index contributed by atoms with van der Waals surface area (Å²) in [6, 6.07) is 0. The molecule has 0 saturated carbocycles. The van der Waals surface area contributed by atoms with Crippen LogP contribution < -0.4 is 0 Å². The molecular formula is C15H32O3Si. The summed E-state index contributed by atoms with van der Waals surface area (Å²) in [6.07, 6.45) is 5.88. The Balaban J connectivity index is 4.93. The molecule has 4 heteroatoms. The lowest BCUT2D eigenvalue weighted by atomic mass is 10.2. The minimum absolute atomic E-state index is 0.0972. The first-order valence-electron chi connectivity index (χ1n) is 7.52. The van der Waals surface area contributed by atoms with Gasteiger partial charge in [0, 0.05) is 18.3 Å². The monoisotopic (exact) mass is 288 g/mol. The molecule has 0 aliphatic rings. The highest BCUT2D eigenvalue weighted by molar-refractivity contribution is 6.66. The molecule has 3 nitrogen and oxygen atoms in total. The number of hydrogen-bond acceptors (Lipinski definition) is 3. The van der Waals surface area contributed by atoms with E-state index in [9.17, 15) is 0 Å². The predicted molar refractivity (Wildman–Crippen MR) is 83.1 cm³/mol. The van der Waals surface area contributed by atoms with Gasteiger partial charge in [-0.25, -0.2) is 0 Å². The number of allylic oxidation sites excluding steroid dienone is 1. The van der Waals surface area contributed by atoms with Crippen LogP contribution in [-0.2, 0) is 13.3 Å². The lowest BCUT2D eigenvalue weighted by molar-refractivity contribution is 0.0139. The standard InChI is InChI=1S/C15H32O3Si/c1-8-9-10-11-12-19(16-13(2)3,17-14(4)5)18-15(6)7/h11-15H,8-10H2,1-7H3/b12-11+. The number of unbranched alkanes of at least 4 members (excludes halogenated alkanes) is 2. The molecule has 19 heavy (non-hydrogen) atoms. The van der Waals surface area contributed by atoms with E-state index in [0.29, 0.717) is 0 Å². The molecule has 0 bridgehead atoms. The molecule has 114 valence electrons. The van der Waals surface area contributed by atoms with Crippen molar-refractivity contribution >= 4 is 8.80 Å². The van der Waals surface area contributed by atoms with Crippen molar-refractivity contribution in [3.8, 4) is 0 Å². The summed E-state index contributed by atoms with van der Waals surface area (Å²) in [5.41, 5.74) is 2.06. The van der Waals surface area contributed by atoms with Gasteiger partial charge in [0.2, 0.25) is 0 Å². The molecule has 0 atom stereocenters. The number of rotatable bonds is 10. The fourth-order valence-corrected chi connectivity index (χ4v) is 4.57. The Bertz CT molecular complexity index is 223. The summed E-state index contributed by atoms with van der Waals surface area (Å²) >= 11 is 0. The smallest absolute Gasteiger partial charge is 0.368 e. The summed E-state index contributed by atoms with van der Waals surface area (Å²) in [4.78, 5) is 0. The van der Waals surface area contributed by atoms with Crippen LogP contribution in [0.5, 0.6) is 0 Å². The summed E-state index contributed by atoms with van der Waals surface area (Å²) < 4.78 is 18.1. The molecule has 0 unspecified atom stereocenters. The van der Waals surface area contributed by atoms with E-state index in [1.54, 1.807) is 0 Å². The predicted octanol–water partition coefficient (Wildman–Crippen LogP) is 4.49. The van der Waals surface area contributed by atoms with Crippen molar-refractivity contribution in [3.63, 3.8) is 0 Å². The fraction of sp³-hybridized carbons (Fsp3) is 0.867. The van der Waals surface area contributed by atoms with Crippen molar-refractivity contribution in [2.75, 3.05) is 0 Å². The van der Waals surface area contributed by atoms with Gasteiger partial charge in [-0.2, -0.15) is 0 Å². The molecule has 0 N–H and O–H groups in total. The Morgan fingerprint density at radius 1 is 0.842 bits per heavy atom. The molecule has 0 heterocycles. The lowest BCUT2D eigenvalue weighted by Crippen LogP contribution is -2.49. The zero-order valence-electron chi connectivity index (χ0n) is 13.7. The van der Waals surface area contributed by atoms with Crippen LogP contribution in [0.1, 0.15) is 67.7 Å². The molecule has 0 saturated heterocycles. The summed E-state index contributed by atoms with van der Waals surface area (Å²) in [7, 11) is -2.72. The fourth-order valence-electron chi connectivity index (χ4n) is 1.74. The largest absolute Gasteiger partial charge is 0.529 e. The van der Waals surface area contributed by atoms with Crippen LogP contribution >= 0.6 is 0 Å². The quantitative estimate of drug-likeness (QED) is 0.438. The van der Waals surface area contributed by atoms with Gasteiger partial charge in [0.05, 0.1) is 0 Å². The van der Waals surface area contributed by atoms with E-state index in [0.717, 1.165) is 6.42 Å². The highest BCUT2D eigenvalue weighted by Gasteiger charge is 2.41. The molecule has 0 aromatic rings. The van der Waals surface area contributed by atoms with Gasteiger partial charge in [0.25, 0.3) is 0 Å². The van der Waals surface area contributed by atoms with Crippen LogP contribution in [0.3, 0.4) is 0 Å². The van der Waals surface area contributed by atoms with Crippen LogP contribution in [0.25, 0.3) is 0 Å². The van der Waals surface area contributed by atoms with Gasteiger partial charge in [-0.1, -0.05) is 25.8 Å². The molecule has 0 aromatic heterocycles. The maximum absolute atomic E-state index is 6.05. The van der Waals surface area contributed by atoms with Crippen molar-refractivity contribution in [2.24, 2.45) is 0 Å². The van der Waals surface area contributed by atoms with Gasteiger partial charge in [-0.05, 0) is 53.7 Å². The topological polar surface area (TPSA) is 27.7 Å². The van der Waals surface area contributed by atoms with E-state index >= 15 is 0 Å². The second-order valence-corrected chi connectivity index (χ2v) is 7.90. The average Bonchev–Trinajstić information content (AvgIpc) is 2.21. The zero-order valence-corrected chi connectivity index (χ0v) is 14.7. The average molecular weight is 289 g/mol. The lowest BCUT2D eigenvalue weighted by Gasteiger charge is -2.32. The van der Waals surface area contributed by atoms with E-state index in [1.807, 2.05) is 41.5 Å².